The van der Waals surface area contributed by atoms with E-state index in [1.54, 1.807) is 0 Å². The Balaban J connectivity index is 1.31. The van der Waals surface area contributed by atoms with Crippen LogP contribution < -0.4 is 5.46 Å². The average Bonchev–Trinajstić information content (AvgIpc) is 3.53. The first-order valence-electron chi connectivity index (χ1n) is 16.8. The topological polar surface area (TPSA) is 31.4 Å². The zero-order valence-electron chi connectivity index (χ0n) is 27.7. The zero-order valence-corrected chi connectivity index (χ0v) is 27.7. The lowest BCUT2D eigenvalue weighted by atomic mass is 9.67. The number of nitrogens with zero attached hydrogens (tertiary/aromatic N) is 1. The van der Waals surface area contributed by atoms with Crippen molar-refractivity contribution in [2.45, 2.75) is 44.3 Å². The summed E-state index contributed by atoms with van der Waals surface area (Å²) in [5, 5.41) is 3.50. The molecule has 0 radical (unpaired) electrons. The Hall–Kier alpha value is -5.03. The van der Waals surface area contributed by atoms with E-state index in [-0.39, 0.29) is 0 Å². The molecule has 2 heterocycles. The average molecular weight is 622 g/mol. The van der Waals surface area contributed by atoms with Crippen LogP contribution in [-0.4, -0.2) is 23.3 Å². The summed E-state index contributed by atoms with van der Waals surface area (Å²) in [7, 11) is -0.413. The third-order valence-corrected chi connectivity index (χ3v) is 11.0. The number of pyridine rings is 1. The minimum atomic E-state index is -0.480. The van der Waals surface area contributed by atoms with Crippen molar-refractivity contribution in [2.75, 3.05) is 0 Å². The molecule has 4 heteroatoms. The highest BCUT2D eigenvalue weighted by Gasteiger charge is 2.51. The second kappa shape index (κ2) is 10.5. The lowest BCUT2D eigenvalue weighted by Gasteiger charge is -2.34. The van der Waals surface area contributed by atoms with E-state index in [4.69, 9.17) is 14.3 Å². The van der Waals surface area contributed by atoms with Crippen molar-refractivity contribution in [1.29, 1.82) is 0 Å². The number of aromatic nitrogens is 1. The Morgan fingerprint density at radius 1 is 0.500 bits per heavy atom. The van der Waals surface area contributed by atoms with Gasteiger partial charge in [0.05, 0.1) is 27.8 Å². The van der Waals surface area contributed by atoms with Crippen LogP contribution in [0.15, 0.2) is 146 Å². The molecule has 232 valence electrons. The predicted molar refractivity (Wildman–Crippen MR) is 198 cm³/mol. The van der Waals surface area contributed by atoms with E-state index in [0.29, 0.717) is 0 Å². The molecule has 0 bridgehead atoms. The molecule has 0 amide bonds. The number of benzene rings is 6. The SMILES string of the molecule is CC1(C)OB(c2ccc(-c3nc4ccccc4c4cc5c(cc34)C(c3ccccc3)(c3ccccc3)c3ccccc3-5)cc2)OC1(C)C. The molecule has 0 unspecified atom stereocenters. The standard InChI is InChI=1S/C44H36BNO2/c1-42(2)43(3,4)48-45(47-42)32-25-23-29(24-26-32)41-37-28-39-36(27-35(37)34-20-12-14-22-40(34)46-41)33-19-11-13-21-38(33)44(39,30-15-7-5-8-16-30)31-17-9-6-10-18-31/h5-28H,1-4H3. The third kappa shape index (κ3) is 4.13. The van der Waals surface area contributed by atoms with E-state index in [0.717, 1.165) is 33.0 Å². The van der Waals surface area contributed by atoms with Gasteiger partial charge in [-0.15, -0.1) is 0 Å². The van der Waals surface area contributed by atoms with Gasteiger partial charge in [0.15, 0.2) is 0 Å². The maximum atomic E-state index is 6.37. The molecule has 1 aliphatic heterocycles. The summed E-state index contributed by atoms with van der Waals surface area (Å²) in [4.78, 5) is 5.35. The highest BCUT2D eigenvalue weighted by molar-refractivity contribution is 6.62. The molecule has 3 nitrogen and oxygen atoms in total. The van der Waals surface area contributed by atoms with Crippen molar-refractivity contribution >= 4 is 34.3 Å². The molecule has 1 saturated heterocycles. The zero-order chi connectivity index (χ0) is 32.7. The largest absolute Gasteiger partial charge is 0.494 e. The van der Waals surface area contributed by atoms with Gasteiger partial charge in [-0.25, -0.2) is 4.98 Å². The molecule has 48 heavy (non-hydrogen) atoms. The first kappa shape index (κ1) is 29.1. The third-order valence-electron chi connectivity index (χ3n) is 11.0. The molecule has 0 N–H and O–H groups in total. The van der Waals surface area contributed by atoms with Crippen LogP contribution in [0.4, 0.5) is 0 Å². The van der Waals surface area contributed by atoms with E-state index in [9.17, 15) is 0 Å². The maximum absolute atomic E-state index is 6.37. The van der Waals surface area contributed by atoms with Gasteiger partial charge in [0.2, 0.25) is 0 Å². The fourth-order valence-electron chi connectivity index (χ4n) is 7.88. The van der Waals surface area contributed by atoms with Crippen LogP contribution in [-0.2, 0) is 14.7 Å². The minimum Gasteiger partial charge on any atom is -0.399 e. The summed E-state index contributed by atoms with van der Waals surface area (Å²) >= 11 is 0. The van der Waals surface area contributed by atoms with Gasteiger partial charge in [-0.05, 0) is 90.1 Å². The van der Waals surface area contributed by atoms with E-state index >= 15 is 0 Å². The van der Waals surface area contributed by atoms with Gasteiger partial charge in [-0.3, -0.25) is 0 Å². The fraction of sp³-hybridized carbons (Fsp3) is 0.159. The molecule has 7 aromatic rings. The number of hydrogen-bond donors (Lipinski definition) is 0. The second-order valence-electron chi connectivity index (χ2n) is 14.2. The summed E-state index contributed by atoms with van der Waals surface area (Å²) in [6.07, 6.45) is 0. The smallest absolute Gasteiger partial charge is 0.399 e. The van der Waals surface area contributed by atoms with E-state index in [2.05, 4.69) is 173 Å². The van der Waals surface area contributed by atoms with Gasteiger partial charge < -0.3 is 9.31 Å². The molecule has 1 aromatic heterocycles. The van der Waals surface area contributed by atoms with Crippen LogP contribution in [0.1, 0.15) is 49.9 Å². The highest BCUT2D eigenvalue weighted by Crippen LogP contribution is 2.57. The number of fused-ring (bicyclic) bond motifs is 6. The van der Waals surface area contributed by atoms with Gasteiger partial charge in [-0.2, -0.15) is 0 Å². The van der Waals surface area contributed by atoms with Gasteiger partial charge in [0.1, 0.15) is 0 Å². The molecule has 1 fully saturated rings. The van der Waals surface area contributed by atoms with Gasteiger partial charge in [-0.1, -0.05) is 127 Å². The van der Waals surface area contributed by atoms with Crippen molar-refractivity contribution in [3.63, 3.8) is 0 Å². The summed E-state index contributed by atoms with van der Waals surface area (Å²) in [6.45, 7) is 8.37. The first-order valence-corrected chi connectivity index (χ1v) is 16.8. The molecule has 0 spiro atoms. The monoisotopic (exact) mass is 621 g/mol. The first-order chi connectivity index (χ1) is 23.3. The van der Waals surface area contributed by atoms with Gasteiger partial charge in [0.25, 0.3) is 0 Å². The van der Waals surface area contributed by atoms with Crippen LogP contribution >= 0.6 is 0 Å². The van der Waals surface area contributed by atoms with Crippen LogP contribution in [0, 0.1) is 0 Å². The molecule has 1 aliphatic carbocycles. The number of para-hydroxylation sites is 1. The fourth-order valence-corrected chi connectivity index (χ4v) is 7.88. The Morgan fingerprint density at radius 2 is 1.08 bits per heavy atom. The van der Waals surface area contributed by atoms with Crippen molar-refractivity contribution in [1.82, 2.24) is 4.98 Å². The van der Waals surface area contributed by atoms with Crippen LogP contribution in [0.5, 0.6) is 0 Å². The van der Waals surface area contributed by atoms with Crippen LogP contribution in [0.25, 0.3) is 44.1 Å². The Morgan fingerprint density at radius 3 is 1.75 bits per heavy atom. The molecular formula is C44H36BNO2. The predicted octanol–water partition coefficient (Wildman–Crippen LogP) is 9.72. The molecule has 9 rings (SSSR count). The Labute approximate surface area is 282 Å². The second-order valence-corrected chi connectivity index (χ2v) is 14.2. The van der Waals surface area contributed by atoms with Crippen molar-refractivity contribution in [2.24, 2.45) is 0 Å². The molecule has 2 aliphatic rings. The number of rotatable bonds is 4. The lowest BCUT2D eigenvalue weighted by Crippen LogP contribution is -2.41. The van der Waals surface area contributed by atoms with Crippen molar-refractivity contribution in [3.05, 3.63) is 168 Å². The van der Waals surface area contributed by atoms with E-state index in [1.165, 1.54) is 38.8 Å². The molecule has 6 aromatic carbocycles. The van der Waals surface area contributed by atoms with Crippen LogP contribution in [0.2, 0.25) is 0 Å². The molecule has 0 atom stereocenters. The summed E-state index contributed by atoms with van der Waals surface area (Å²) in [6, 6.07) is 52.8. The van der Waals surface area contributed by atoms with Crippen molar-refractivity contribution < 1.29 is 9.31 Å². The van der Waals surface area contributed by atoms with Gasteiger partial charge in [0, 0.05) is 16.3 Å². The quantitative estimate of drug-likeness (QED) is 0.145. The summed E-state index contributed by atoms with van der Waals surface area (Å²) < 4.78 is 12.7. The summed E-state index contributed by atoms with van der Waals surface area (Å²) in [5.41, 5.74) is 10.4. The number of hydrogen-bond acceptors (Lipinski definition) is 3. The van der Waals surface area contributed by atoms with Crippen LogP contribution in [0.3, 0.4) is 0 Å². The minimum absolute atomic E-state index is 0.394. The maximum Gasteiger partial charge on any atom is 0.494 e. The van der Waals surface area contributed by atoms with Crippen molar-refractivity contribution in [3.8, 4) is 22.4 Å². The molecule has 0 saturated carbocycles. The van der Waals surface area contributed by atoms with E-state index < -0.39 is 23.7 Å². The summed E-state index contributed by atoms with van der Waals surface area (Å²) in [5.74, 6) is 0. The molecular weight excluding hydrogens is 585 g/mol. The van der Waals surface area contributed by atoms with E-state index in [1.807, 2.05) is 0 Å². The lowest BCUT2D eigenvalue weighted by molar-refractivity contribution is 0.00578. The highest BCUT2D eigenvalue weighted by atomic mass is 16.7. The van der Waals surface area contributed by atoms with Gasteiger partial charge >= 0.3 is 7.12 Å². The Kier molecular flexibility index (Phi) is 6.37. The Bertz CT molecular complexity index is 2290. The normalized spacial score (nSPS) is 17.0.